The summed E-state index contributed by atoms with van der Waals surface area (Å²) in [5.74, 6) is -1.37. The van der Waals surface area contributed by atoms with Gasteiger partial charge >= 0.3 is 12.1 Å². The van der Waals surface area contributed by atoms with Gasteiger partial charge in [-0.05, 0) is 37.3 Å². The summed E-state index contributed by atoms with van der Waals surface area (Å²) in [6.45, 7) is 1.08. The van der Waals surface area contributed by atoms with Gasteiger partial charge in [0.15, 0.2) is 5.69 Å². The molecule has 1 heterocycles. The van der Waals surface area contributed by atoms with Crippen molar-refractivity contribution in [2.75, 3.05) is 0 Å². The van der Waals surface area contributed by atoms with Crippen molar-refractivity contribution in [2.45, 2.75) is 19.7 Å². The predicted molar refractivity (Wildman–Crippen MR) is 93.8 cm³/mol. The lowest BCUT2D eigenvalue weighted by molar-refractivity contribution is -0.141. The number of esters is 1. The standard InChI is InChI=1S/C20H14F4N2O3/c1-12-25-17(20(22,23)24)10-18(26-12)29-15-8-6-13(7-9-15)19(27)28-11-14-4-2-3-5-16(14)21/h2-10H,11H2,1H3. The Bertz CT molecular complexity index is 1020. The van der Waals surface area contributed by atoms with Gasteiger partial charge in [-0.3, -0.25) is 0 Å². The Morgan fingerprint density at radius 1 is 1.03 bits per heavy atom. The van der Waals surface area contributed by atoms with E-state index >= 15 is 0 Å². The fourth-order valence-electron chi connectivity index (χ4n) is 2.36. The van der Waals surface area contributed by atoms with E-state index in [9.17, 15) is 22.4 Å². The zero-order chi connectivity index (χ0) is 21.0. The lowest BCUT2D eigenvalue weighted by Crippen LogP contribution is -2.10. The number of benzene rings is 2. The molecule has 150 valence electrons. The number of aromatic nitrogens is 2. The van der Waals surface area contributed by atoms with E-state index in [-0.39, 0.29) is 35.2 Å². The number of aryl methyl sites for hydroxylation is 1. The first-order valence-corrected chi connectivity index (χ1v) is 8.34. The van der Waals surface area contributed by atoms with E-state index in [1.165, 1.54) is 49.4 Å². The quantitative estimate of drug-likeness (QED) is 0.436. The molecule has 0 radical (unpaired) electrons. The second-order valence-electron chi connectivity index (χ2n) is 5.93. The molecule has 1 aromatic heterocycles. The molecule has 0 amide bonds. The van der Waals surface area contributed by atoms with Crippen molar-refractivity contribution in [1.29, 1.82) is 0 Å². The fraction of sp³-hybridized carbons (Fsp3) is 0.150. The minimum Gasteiger partial charge on any atom is -0.457 e. The molecule has 2 aromatic carbocycles. The highest BCUT2D eigenvalue weighted by atomic mass is 19.4. The van der Waals surface area contributed by atoms with Crippen molar-refractivity contribution < 1.29 is 31.8 Å². The SMILES string of the molecule is Cc1nc(Oc2ccc(C(=O)OCc3ccccc3F)cc2)cc(C(F)(F)F)n1. The molecule has 3 aromatic rings. The number of halogens is 4. The molecule has 0 N–H and O–H groups in total. The minimum atomic E-state index is -4.63. The highest BCUT2D eigenvalue weighted by Crippen LogP contribution is 2.30. The smallest absolute Gasteiger partial charge is 0.433 e. The molecule has 29 heavy (non-hydrogen) atoms. The molecule has 0 saturated carbocycles. The van der Waals surface area contributed by atoms with Gasteiger partial charge in [-0.1, -0.05) is 18.2 Å². The van der Waals surface area contributed by atoms with Crippen LogP contribution in [-0.4, -0.2) is 15.9 Å². The van der Waals surface area contributed by atoms with Gasteiger partial charge in [-0.2, -0.15) is 18.2 Å². The third-order valence-corrected chi connectivity index (χ3v) is 3.73. The Kier molecular flexibility index (Phi) is 5.76. The van der Waals surface area contributed by atoms with Crippen molar-refractivity contribution in [2.24, 2.45) is 0 Å². The first kappa shape index (κ1) is 20.2. The Morgan fingerprint density at radius 3 is 2.38 bits per heavy atom. The molecular weight excluding hydrogens is 392 g/mol. The Balaban J connectivity index is 1.67. The maximum Gasteiger partial charge on any atom is 0.433 e. The van der Waals surface area contributed by atoms with Crippen molar-refractivity contribution in [3.63, 3.8) is 0 Å². The molecule has 0 bridgehead atoms. The maximum atomic E-state index is 13.5. The molecule has 0 saturated heterocycles. The largest absolute Gasteiger partial charge is 0.457 e. The predicted octanol–water partition coefficient (Wildman–Crippen LogP) is 5.09. The van der Waals surface area contributed by atoms with Gasteiger partial charge in [0.05, 0.1) is 5.56 Å². The van der Waals surface area contributed by atoms with Crippen molar-refractivity contribution >= 4 is 5.97 Å². The maximum absolute atomic E-state index is 13.5. The van der Waals surface area contributed by atoms with Crippen molar-refractivity contribution in [3.05, 3.63) is 83.1 Å². The van der Waals surface area contributed by atoms with Crippen LogP contribution < -0.4 is 4.74 Å². The monoisotopic (exact) mass is 406 g/mol. The van der Waals surface area contributed by atoms with Crippen LogP contribution in [0.25, 0.3) is 0 Å². The second kappa shape index (κ2) is 8.26. The zero-order valence-corrected chi connectivity index (χ0v) is 15.0. The van der Waals surface area contributed by atoms with E-state index in [0.29, 0.717) is 6.07 Å². The van der Waals surface area contributed by atoms with Crippen LogP contribution >= 0.6 is 0 Å². The second-order valence-corrected chi connectivity index (χ2v) is 5.93. The van der Waals surface area contributed by atoms with Crippen LogP contribution in [0.15, 0.2) is 54.6 Å². The van der Waals surface area contributed by atoms with Gasteiger partial charge in [0.1, 0.15) is 24.0 Å². The van der Waals surface area contributed by atoms with Gasteiger partial charge < -0.3 is 9.47 Å². The number of ether oxygens (including phenoxy) is 2. The molecule has 0 unspecified atom stereocenters. The molecule has 3 rings (SSSR count). The summed E-state index contributed by atoms with van der Waals surface area (Å²) in [5.41, 5.74) is -0.711. The average Bonchev–Trinajstić information content (AvgIpc) is 2.66. The first-order chi connectivity index (χ1) is 13.7. The summed E-state index contributed by atoms with van der Waals surface area (Å²) in [7, 11) is 0. The number of hydrogen-bond acceptors (Lipinski definition) is 5. The summed E-state index contributed by atoms with van der Waals surface area (Å²) >= 11 is 0. The minimum absolute atomic E-state index is 0.0943. The molecule has 0 fully saturated rings. The molecular formula is C20H14F4N2O3. The van der Waals surface area contributed by atoms with E-state index in [1.54, 1.807) is 6.07 Å². The first-order valence-electron chi connectivity index (χ1n) is 8.34. The van der Waals surface area contributed by atoms with E-state index in [4.69, 9.17) is 9.47 Å². The summed E-state index contributed by atoms with van der Waals surface area (Å²) in [6.07, 6.45) is -4.63. The average molecular weight is 406 g/mol. The van der Waals surface area contributed by atoms with Crippen LogP contribution in [0.5, 0.6) is 11.6 Å². The third kappa shape index (κ3) is 5.28. The molecule has 9 heteroatoms. The van der Waals surface area contributed by atoms with Crippen LogP contribution in [0.1, 0.15) is 27.4 Å². The third-order valence-electron chi connectivity index (χ3n) is 3.73. The zero-order valence-electron chi connectivity index (χ0n) is 15.0. The fourth-order valence-corrected chi connectivity index (χ4v) is 2.36. The van der Waals surface area contributed by atoms with Gasteiger partial charge in [-0.15, -0.1) is 0 Å². The number of carbonyl (C=O) groups is 1. The molecule has 0 aliphatic heterocycles. The van der Waals surface area contributed by atoms with Gasteiger partial charge in [0, 0.05) is 11.6 Å². The van der Waals surface area contributed by atoms with Crippen LogP contribution in [0.3, 0.4) is 0 Å². The number of alkyl halides is 3. The number of nitrogens with zero attached hydrogens (tertiary/aromatic N) is 2. The molecule has 0 atom stereocenters. The molecule has 5 nitrogen and oxygen atoms in total. The number of rotatable bonds is 5. The molecule has 0 spiro atoms. The van der Waals surface area contributed by atoms with Crippen LogP contribution in [-0.2, 0) is 17.5 Å². The summed E-state index contributed by atoms with van der Waals surface area (Å²) in [6, 6.07) is 12.1. The van der Waals surface area contributed by atoms with Crippen LogP contribution in [0, 0.1) is 12.7 Å². The lowest BCUT2D eigenvalue weighted by atomic mass is 10.2. The number of carbonyl (C=O) groups excluding carboxylic acids is 1. The molecule has 0 aliphatic rings. The normalized spacial score (nSPS) is 11.2. The summed E-state index contributed by atoms with van der Waals surface area (Å²) in [4.78, 5) is 19.2. The van der Waals surface area contributed by atoms with Crippen LogP contribution in [0.2, 0.25) is 0 Å². The van der Waals surface area contributed by atoms with Gasteiger partial charge in [0.25, 0.3) is 0 Å². The Morgan fingerprint density at radius 2 is 1.72 bits per heavy atom. The summed E-state index contributed by atoms with van der Waals surface area (Å²) in [5, 5.41) is 0. The van der Waals surface area contributed by atoms with Gasteiger partial charge in [-0.25, -0.2) is 14.2 Å². The Labute approximate surface area is 162 Å². The summed E-state index contributed by atoms with van der Waals surface area (Å²) < 4.78 is 62.4. The highest BCUT2D eigenvalue weighted by Gasteiger charge is 2.33. The highest BCUT2D eigenvalue weighted by molar-refractivity contribution is 5.89. The van der Waals surface area contributed by atoms with Crippen molar-refractivity contribution in [3.8, 4) is 11.6 Å². The van der Waals surface area contributed by atoms with E-state index in [2.05, 4.69) is 9.97 Å². The van der Waals surface area contributed by atoms with Gasteiger partial charge in [0.2, 0.25) is 5.88 Å². The topological polar surface area (TPSA) is 61.3 Å². The van der Waals surface area contributed by atoms with E-state index < -0.39 is 23.7 Å². The van der Waals surface area contributed by atoms with E-state index in [0.717, 1.165) is 0 Å². The van der Waals surface area contributed by atoms with Crippen LogP contribution in [0.4, 0.5) is 17.6 Å². The number of hydrogen-bond donors (Lipinski definition) is 0. The lowest BCUT2D eigenvalue weighted by Gasteiger charge is -2.10. The van der Waals surface area contributed by atoms with Crippen molar-refractivity contribution in [1.82, 2.24) is 9.97 Å². The molecule has 0 aliphatic carbocycles. The Hall–Kier alpha value is -3.49. The van der Waals surface area contributed by atoms with E-state index in [1.807, 2.05) is 0 Å².